The fourth-order valence-electron chi connectivity index (χ4n) is 1.17. The van der Waals surface area contributed by atoms with Crippen molar-refractivity contribution in [3.8, 4) is 5.75 Å². The number of nitrogens with two attached hydrogens (primary N) is 1. The molecule has 0 radical (unpaired) electrons. The van der Waals surface area contributed by atoms with Crippen molar-refractivity contribution in [2.75, 3.05) is 19.4 Å². The summed E-state index contributed by atoms with van der Waals surface area (Å²) in [5, 5.41) is 9.04. The third-order valence-electron chi connectivity index (χ3n) is 2.08. The van der Waals surface area contributed by atoms with Gasteiger partial charge < -0.3 is 15.6 Å². The number of anilines is 1. The Balaban J connectivity index is 2.99. The van der Waals surface area contributed by atoms with Gasteiger partial charge in [-0.25, -0.2) is 13.1 Å². The maximum atomic E-state index is 11.8. The number of nitrogens with one attached hydrogen (secondary N) is 1. The van der Waals surface area contributed by atoms with Crippen LogP contribution in [0.3, 0.4) is 0 Å². The van der Waals surface area contributed by atoms with Gasteiger partial charge in [-0.2, -0.15) is 0 Å². The zero-order chi connectivity index (χ0) is 13.1. The van der Waals surface area contributed by atoms with Gasteiger partial charge in [0, 0.05) is 12.6 Å². The largest absolute Gasteiger partial charge is 0.495 e. The minimum absolute atomic E-state index is 0.0456. The van der Waals surface area contributed by atoms with Gasteiger partial charge in [0.15, 0.2) is 0 Å². The fraction of sp³-hybridized carbons (Fsp3) is 0.400. The Bertz CT molecular complexity index is 485. The first-order chi connectivity index (χ1) is 7.86. The molecule has 1 atom stereocenters. The smallest absolute Gasteiger partial charge is 0.240 e. The Kier molecular flexibility index (Phi) is 4.33. The van der Waals surface area contributed by atoms with Gasteiger partial charge in [0.1, 0.15) is 5.75 Å². The normalized spacial score (nSPS) is 13.4. The van der Waals surface area contributed by atoms with E-state index >= 15 is 0 Å². The number of sulfonamides is 1. The average molecular weight is 260 g/mol. The highest BCUT2D eigenvalue weighted by atomic mass is 32.2. The fourth-order valence-corrected chi connectivity index (χ4v) is 2.31. The first kappa shape index (κ1) is 13.8. The van der Waals surface area contributed by atoms with E-state index < -0.39 is 16.1 Å². The molecule has 1 aromatic rings. The molecule has 0 bridgehead atoms. The second kappa shape index (κ2) is 5.35. The third-order valence-corrected chi connectivity index (χ3v) is 3.51. The molecular weight excluding hydrogens is 244 g/mol. The maximum absolute atomic E-state index is 11.8. The van der Waals surface area contributed by atoms with E-state index in [0.717, 1.165) is 0 Å². The second-order valence-corrected chi connectivity index (χ2v) is 5.37. The average Bonchev–Trinajstić information content (AvgIpc) is 2.27. The summed E-state index contributed by atoms with van der Waals surface area (Å²) >= 11 is 0. The first-order valence-corrected chi connectivity index (χ1v) is 6.46. The van der Waals surface area contributed by atoms with Crippen LogP contribution in [0.25, 0.3) is 0 Å². The minimum Gasteiger partial charge on any atom is -0.495 e. The van der Waals surface area contributed by atoms with E-state index in [-0.39, 0.29) is 11.4 Å². The Morgan fingerprint density at radius 1 is 1.53 bits per heavy atom. The summed E-state index contributed by atoms with van der Waals surface area (Å²) in [6.45, 7) is 1.45. The van der Waals surface area contributed by atoms with Crippen LogP contribution in [-0.2, 0) is 10.0 Å². The van der Waals surface area contributed by atoms with E-state index in [9.17, 15) is 8.42 Å². The molecule has 0 spiro atoms. The van der Waals surface area contributed by atoms with E-state index in [4.69, 9.17) is 15.6 Å². The summed E-state index contributed by atoms with van der Waals surface area (Å²) in [5.74, 6) is 0.296. The van der Waals surface area contributed by atoms with Gasteiger partial charge in [-0.3, -0.25) is 0 Å². The molecule has 6 nitrogen and oxygen atoms in total. The van der Waals surface area contributed by atoms with E-state index in [1.807, 2.05) is 0 Å². The minimum atomic E-state index is -3.65. The summed E-state index contributed by atoms with van der Waals surface area (Å²) in [4.78, 5) is 0.0456. The summed E-state index contributed by atoms with van der Waals surface area (Å²) in [7, 11) is -2.24. The summed E-state index contributed by atoms with van der Waals surface area (Å²) in [6, 6.07) is 4.16. The molecule has 0 heterocycles. The highest BCUT2D eigenvalue weighted by Crippen LogP contribution is 2.24. The lowest BCUT2D eigenvalue weighted by Gasteiger charge is -2.10. The highest BCUT2D eigenvalue weighted by molar-refractivity contribution is 7.89. The van der Waals surface area contributed by atoms with Crippen molar-refractivity contribution in [2.24, 2.45) is 0 Å². The number of aliphatic hydroxyl groups excluding tert-OH is 1. The Morgan fingerprint density at radius 3 is 2.71 bits per heavy atom. The van der Waals surface area contributed by atoms with E-state index in [1.54, 1.807) is 0 Å². The lowest BCUT2D eigenvalue weighted by Crippen LogP contribution is -2.30. The van der Waals surface area contributed by atoms with Gasteiger partial charge in [-0.1, -0.05) is 0 Å². The van der Waals surface area contributed by atoms with Gasteiger partial charge >= 0.3 is 0 Å². The molecule has 4 N–H and O–H groups in total. The predicted molar refractivity (Wildman–Crippen MR) is 64.3 cm³/mol. The van der Waals surface area contributed by atoms with Gasteiger partial charge in [0.05, 0.1) is 23.8 Å². The molecule has 0 amide bonds. The van der Waals surface area contributed by atoms with Crippen LogP contribution in [-0.4, -0.2) is 33.3 Å². The van der Waals surface area contributed by atoms with Crippen LogP contribution in [0, 0.1) is 0 Å². The molecule has 0 fully saturated rings. The number of aliphatic hydroxyl groups is 1. The summed E-state index contributed by atoms with van der Waals surface area (Å²) in [5.41, 5.74) is 5.95. The SMILES string of the molecule is COc1cc(S(=O)(=O)NC[C@H](C)O)ccc1N. The zero-order valence-corrected chi connectivity index (χ0v) is 10.5. The van der Waals surface area contributed by atoms with E-state index in [1.165, 1.54) is 32.2 Å². The van der Waals surface area contributed by atoms with Crippen LogP contribution in [0.1, 0.15) is 6.92 Å². The van der Waals surface area contributed by atoms with Crippen molar-refractivity contribution in [1.82, 2.24) is 4.72 Å². The second-order valence-electron chi connectivity index (χ2n) is 3.60. The van der Waals surface area contributed by atoms with Crippen LogP contribution < -0.4 is 15.2 Å². The van der Waals surface area contributed by atoms with Crippen LogP contribution >= 0.6 is 0 Å². The van der Waals surface area contributed by atoms with Gasteiger partial charge in [0.2, 0.25) is 10.0 Å². The lowest BCUT2D eigenvalue weighted by molar-refractivity contribution is 0.198. The summed E-state index contributed by atoms with van der Waals surface area (Å²) < 4.78 is 30.8. The lowest BCUT2D eigenvalue weighted by atomic mass is 10.3. The maximum Gasteiger partial charge on any atom is 0.240 e. The molecule has 17 heavy (non-hydrogen) atoms. The van der Waals surface area contributed by atoms with Gasteiger partial charge in [-0.15, -0.1) is 0 Å². The van der Waals surface area contributed by atoms with Gasteiger partial charge in [0.25, 0.3) is 0 Å². The van der Waals surface area contributed by atoms with E-state index in [0.29, 0.717) is 11.4 Å². The zero-order valence-electron chi connectivity index (χ0n) is 9.67. The Morgan fingerprint density at radius 2 is 2.18 bits per heavy atom. The summed E-state index contributed by atoms with van der Waals surface area (Å²) in [6.07, 6.45) is -0.750. The number of nitrogen functional groups attached to an aromatic ring is 1. The molecule has 0 unspecified atom stereocenters. The molecule has 0 saturated carbocycles. The number of rotatable bonds is 5. The topological polar surface area (TPSA) is 102 Å². The number of hydrogen-bond donors (Lipinski definition) is 3. The van der Waals surface area contributed by atoms with Crippen molar-refractivity contribution in [1.29, 1.82) is 0 Å². The molecule has 1 rings (SSSR count). The van der Waals surface area contributed by atoms with Crippen molar-refractivity contribution in [3.63, 3.8) is 0 Å². The highest BCUT2D eigenvalue weighted by Gasteiger charge is 2.16. The van der Waals surface area contributed by atoms with Crippen molar-refractivity contribution < 1.29 is 18.3 Å². The van der Waals surface area contributed by atoms with E-state index in [2.05, 4.69) is 4.72 Å². The molecule has 1 aromatic carbocycles. The standard InChI is InChI=1S/C10H16N2O4S/c1-7(13)6-12-17(14,15)8-3-4-9(11)10(5-8)16-2/h3-5,7,12-13H,6,11H2,1-2H3/t7-/m0/s1. The molecule has 0 aromatic heterocycles. The number of hydrogen-bond acceptors (Lipinski definition) is 5. The van der Waals surface area contributed by atoms with Crippen molar-refractivity contribution in [2.45, 2.75) is 17.9 Å². The Labute approximate surface area is 100 Å². The third kappa shape index (κ3) is 3.58. The van der Waals surface area contributed by atoms with Crippen molar-refractivity contribution >= 4 is 15.7 Å². The van der Waals surface area contributed by atoms with Crippen LogP contribution in [0.4, 0.5) is 5.69 Å². The first-order valence-electron chi connectivity index (χ1n) is 4.98. The number of benzene rings is 1. The molecule has 96 valence electrons. The number of methoxy groups -OCH3 is 1. The van der Waals surface area contributed by atoms with Crippen LogP contribution in [0.15, 0.2) is 23.1 Å². The van der Waals surface area contributed by atoms with Crippen LogP contribution in [0.5, 0.6) is 5.75 Å². The number of ether oxygens (including phenoxy) is 1. The molecule has 0 aliphatic heterocycles. The molecule has 0 aliphatic rings. The Hall–Kier alpha value is -1.31. The monoisotopic (exact) mass is 260 g/mol. The van der Waals surface area contributed by atoms with Crippen LogP contribution in [0.2, 0.25) is 0 Å². The van der Waals surface area contributed by atoms with Gasteiger partial charge in [-0.05, 0) is 19.1 Å². The predicted octanol–water partition coefficient (Wildman–Crippen LogP) is -0.0635. The quantitative estimate of drug-likeness (QED) is 0.644. The molecule has 0 saturated heterocycles. The molecular formula is C10H16N2O4S. The molecule has 0 aliphatic carbocycles. The van der Waals surface area contributed by atoms with Crippen molar-refractivity contribution in [3.05, 3.63) is 18.2 Å². The molecule has 7 heteroatoms.